The number of rotatable bonds is 4. The van der Waals surface area contributed by atoms with E-state index >= 15 is 0 Å². The number of carbonyl (C=O) groups excluding carboxylic acids is 1. The molecule has 7 nitrogen and oxygen atoms in total. The van der Waals surface area contributed by atoms with Gasteiger partial charge in [0.25, 0.3) is 0 Å². The fourth-order valence-corrected chi connectivity index (χ4v) is 3.63. The number of hydrogen-bond donors (Lipinski definition) is 2. The van der Waals surface area contributed by atoms with Crippen LogP contribution in [0.5, 0.6) is 0 Å². The van der Waals surface area contributed by atoms with Crippen molar-refractivity contribution in [3.8, 4) is 0 Å². The molecule has 0 radical (unpaired) electrons. The normalized spacial score (nSPS) is 15.1. The summed E-state index contributed by atoms with van der Waals surface area (Å²) in [6.07, 6.45) is 1.45. The average molecular weight is 326 g/mol. The van der Waals surface area contributed by atoms with Crippen LogP contribution in [0.1, 0.15) is 16.1 Å². The molecule has 3 heterocycles. The maximum Gasteiger partial charge on any atom is 0.230 e. The van der Waals surface area contributed by atoms with Crippen molar-refractivity contribution in [2.24, 2.45) is 0 Å². The quantitative estimate of drug-likeness (QED) is 0.873. The van der Waals surface area contributed by atoms with E-state index in [1.165, 1.54) is 21.9 Å². The molecule has 1 aliphatic heterocycles. The summed E-state index contributed by atoms with van der Waals surface area (Å²) in [6.45, 7) is 0.501. The van der Waals surface area contributed by atoms with Gasteiger partial charge in [-0.25, -0.2) is 8.42 Å². The number of sulfonamides is 1. The van der Waals surface area contributed by atoms with Crippen molar-refractivity contribution in [3.05, 3.63) is 33.6 Å². The number of nitrogens with zero attached hydrogens (tertiary/aromatic N) is 2. The Morgan fingerprint density at radius 3 is 3.00 bits per heavy atom. The van der Waals surface area contributed by atoms with E-state index in [2.05, 4.69) is 15.5 Å². The lowest BCUT2D eigenvalue weighted by Crippen LogP contribution is -2.24. The first kappa shape index (κ1) is 14.2. The molecule has 9 heteroatoms. The highest BCUT2D eigenvalue weighted by Gasteiger charge is 2.30. The Balaban J connectivity index is 1.71. The summed E-state index contributed by atoms with van der Waals surface area (Å²) in [5.41, 5.74) is 1.46. The van der Waals surface area contributed by atoms with E-state index in [0.717, 1.165) is 16.1 Å². The SMILES string of the molecule is CS(=O)(=O)N1Cc2[nH]nc(NC(=O)Cc3cccs3)c2C1. The summed E-state index contributed by atoms with van der Waals surface area (Å²) in [5.74, 6) is 0.252. The highest BCUT2D eigenvalue weighted by atomic mass is 32.2. The second-order valence-electron chi connectivity index (χ2n) is 4.86. The van der Waals surface area contributed by atoms with E-state index in [0.29, 0.717) is 5.82 Å². The van der Waals surface area contributed by atoms with Crippen molar-refractivity contribution >= 4 is 33.1 Å². The number of carbonyl (C=O) groups is 1. The first-order valence-corrected chi connectivity index (χ1v) is 9.00. The van der Waals surface area contributed by atoms with Gasteiger partial charge in [0.15, 0.2) is 5.82 Å². The van der Waals surface area contributed by atoms with Gasteiger partial charge < -0.3 is 5.32 Å². The van der Waals surface area contributed by atoms with Gasteiger partial charge in [-0.2, -0.15) is 9.40 Å². The topological polar surface area (TPSA) is 95.2 Å². The van der Waals surface area contributed by atoms with Gasteiger partial charge in [0.05, 0.1) is 24.9 Å². The van der Waals surface area contributed by atoms with Gasteiger partial charge in [-0.15, -0.1) is 11.3 Å². The summed E-state index contributed by atoms with van der Waals surface area (Å²) in [5, 5.41) is 11.5. The Bertz CT molecular complexity index is 765. The molecule has 0 atom stereocenters. The minimum atomic E-state index is -3.25. The number of amides is 1. The third kappa shape index (κ3) is 2.99. The molecule has 1 aliphatic rings. The fourth-order valence-electron chi connectivity index (χ4n) is 2.20. The second-order valence-corrected chi connectivity index (χ2v) is 7.88. The molecule has 2 N–H and O–H groups in total. The van der Waals surface area contributed by atoms with Gasteiger partial charge in [0.2, 0.25) is 15.9 Å². The molecule has 0 spiro atoms. The molecule has 0 saturated carbocycles. The molecule has 0 aromatic carbocycles. The highest BCUT2D eigenvalue weighted by Crippen LogP contribution is 2.28. The maximum absolute atomic E-state index is 12.0. The predicted octanol–water partition coefficient (Wildman–Crippen LogP) is 0.928. The minimum Gasteiger partial charge on any atom is -0.309 e. The van der Waals surface area contributed by atoms with Crippen LogP contribution in [0.25, 0.3) is 0 Å². The maximum atomic E-state index is 12.0. The number of aromatic amines is 1. The molecule has 21 heavy (non-hydrogen) atoms. The standard InChI is InChI=1S/C12H14N4O3S2/c1-21(18,19)16-6-9-10(7-16)14-15-12(9)13-11(17)5-8-3-2-4-20-8/h2-4H,5-7H2,1H3,(H2,13,14,15,17). The van der Waals surface area contributed by atoms with Crippen LogP contribution >= 0.6 is 11.3 Å². The summed E-state index contributed by atoms with van der Waals surface area (Å²) in [4.78, 5) is 12.9. The fraction of sp³-hybridized carbons (Fsp3) is 0.333. The molecule has 0 fully saturated rings. The zero-order valence-electron chi connectivity index (χ0n) is 11.3. The molecule has 0 bridgehead atoms. The van der Waals surface area contributed by atoms with E-state index in [9.17, 15) is 13.2 Å². The lowest BCUT2D eigenvalue weighted by Gasteiger charge is -2.11. The van der Waals surface area contributed by atoms with Crippen LogP contribution in [-0.2, 0) is 34.3 Å². The number of nitrogens with one attached hydrogen (secondary N) is 2. The number of fused-ring (bicyclic) bond motifs is 1. The summed E-state index contributed by atoms with van der Waals surface area (Å²) in [6, 6.07) is 3.79. The molecule has 0 unspecified atom stereocenters. The smallest absolute Gasteiger partial charge is 0.230 e. The van der Waals surface area contributed by atoms with E-state index in [1.54, 1.807) is 0 Å². The highest BCUT2D eigenvalue weighted by molar-refractivity contribution is 7.88. The van der Waals surface area contributed by atoms with Crippen LogP contribution < -0.4 is 5.32 Å². The predicted molar refractivity (Wildman–Crippen MR) is 79.3 cm³/mol. The zero-order valence-corrected chi connectivity index (χ0v) is 12.9. The Morgan fingerprint density at radius 1 is 1.52 bits per heavy atom. The second kappa shape index (κ2) is 5.24. The first-order chi connectivity index (χ1) is 9.93. The summed E-state index contributed by atoms with van der Waals surface area (Å²) < 4.78 is 24.4. The molecule has 1 amide bonds. The Labute approximate surface area is 126 Å². The van der Waals surface area contributed by atoms with E-state index < -0.39 is 10.0 Å². The number of aromatic nitrogens is 2. The van der Waals surface area contributed by atoms with Crippen molar-refractivity contribution in [1.29, 1.82) is 0 Å². The van der Waals surface area contributed by atoms with Gasteiger partial charge in [-0.3, -0.25) is 9.89 Å². The monoisotopic (exact) mass is 326 g/mol. The third-order valence-corrected chi connectivity index (χ3v) is 5.34. The van der Waals surface area contributed by atoms with Crippen molar-refractivity contribution in [1.82, 2.24) is 14.5 Å². The Hall–Kier alpha value is -1.71. The Morgan fingerprint density at radius 2 is 2.33 bits per heavy atom. The minimum absolute atomic E-state index is 0.162. The number of H-pyrrole nitrogens is 1. The van der Waals surface area contributed by atoms with Crippen LogP contribution in [0.3, 0.4) is 0 Å². The van der Waals surface area contributed by atoms with Gasteiger partial charge in [-0.1, -0.05) is 6.07 Å². The van der Waals surface area contributed by atoms with Crippen LogP contribution in [0, 0.1) is 0 Å². The van der Waals surface area contributed by atoms with Crippen LogP contribution in [0.2, 0.25) is 0 Å². The molecule has 0 aliphatic carbocycles. The van der Waals surface area contributed by atoms with Crippen LogP contribution in [0.15, 0.2) is 17.5 Å². The van der Waals surface area contributed by atoms with E-state index in [-0.39, 0.29) is 25.4 Å². The van der Waals surface area contributed by atoms with E-state index in [4.69, 9.17) is 0 Å². The molecular weight excluding hydrogens is 312 g/mol. The molecule has 0 saturated heterocycles. The van der Waals surface area contributed by atoms with Crippen molar-refractivity contribution in [3.63, 3.8) is 0 Å². The summed E-state index contributed by atoms with van der Waals surface area (Å²) >= 11 is 1.52. The number of hydrogen-bond acceptors (Lipinski definition) is 5. The number of thiophene rings is 1. The third-order valence-electron chi connectivity index (χ3n) is 3.26. The first-order valence-electron chi connectivity index (χ1n) is 6.27. The molecule has 112 valence electrons. The van der Waals surface area contributed by atoms with Gasteiger partial charge in [0, 0.05) is 17.0 Å². The molecule has 2 aromatic rings. The van der Waals surface area contributed by atoms with Gasteiger partial charge in [-0.05, 0) is 11.4 Å². The van der Waals surface area contributed by atoms with Crippen LogP contribution in [0.4, 0.5) is 5.82 Å². The average Bonchev–Trinajstić information content (AvgIpc) is 3.06. The Kier molecular flexibility index (Phi) is 3.56. The zero-order chi connectivity index (χ0) is 15.0. The van der Waals surface area contributed by atoms with Crippen LogP contribution in [-0.4, -0.2) is 35.1 Å². The van der Waals surface area contributed by atoms with Crippen molar-refractivity contribution in [2.45, 2.75) is 19.5 Å². The lowest BCUT2D eigenvalue weighted by atomic mass is 10.2. The number of anilines is 1. The van der Waals surface area contributed by atoms with Crippen molar-refractivity contribution < 1.29 is 13.2 Å². The van der Waals surface area contributed by atoms with Gasteiger partial charge in [0.1, 0.15) is 0 Å². The van der Waals surface area contributed by atoms with E-state index in [1.807, 2.05) is 17.5 Å². The van der Waals surface area contributed by atoms with Crippen molar-refractivity contribution in [2.75, 3.05) is 11.6 Å². The molecular formula is C12H14N4O3S2. The molecule has 2 aromatic heterocycles. The molecule has 3 rings (SSSR count). The van der Waals surface area contributed by atoms with Gasteiger partial charge >= 0.3 is 0 Å². The lowest BCUT2D eigenvalue weighted by molar-refractivity contribution is -0.115. The summed E-state index contributed by atoms with van der Waals surface area (Å²) in [7, 11) is -3.25. The largest absolute Gasteiger partial charge is 0.309 e.